The van der Waals surface area contributed by atoms with E-state index in [9.17, 15) is 18.0 Å². The third-order valence-electron chi connectivity index (χ3n) is 5.06. The lowest BCUT2D eigenvalue weighted by atomic mass is 10.1. The van der Waals surface area contributed by atoms with E-state index in [-0.39, 0.29) is 12.5 Å². The smallest absolute Gasteiger partial charge is 0.254 e. The molecule has 166 valence electrons. The second-order valence-electron chi connectivity index (χ2n) is 7.59. The lowest BCUT2D eigenvalue weighted by Gasteiger charge is -2.27. The van der Waals surface area contributed by atoms with E-state index >= 15 is 0 Å². The molecule has 0 saturated carbocycles. The quantitative estimate of drug-likeness (QED) is 0.735. The van der Waals surface area contributed by atoms with Gasteiger partial charge in [0.1, 0.15) is 6.54 Å². The molecule has 0 spiro atoms. The van der Waals surface area contributed by atoms with E-state index in [1.165, 1.54) is 0 Å². The van der Waals surface area contributed by atoms with Crippen LogP contribution in [0.3, 0.4) is 0 Å². The minimum atomic E-state index is -3.72. The zero-order chi connectivity index (χ0) is 22.6. The molecule has 1 aliphatic heterocycles. The topological polar surface area (TPSA) is 96.0 Å². The van der Waals surface area contributed by atoms with E-state index < -0.39 is 15.9 Å². The number of amides is 2. The average Bonchev–Trinajstić information content (AvgIpc) is 2.74. The monoisotopic (exact) mass is 445 g/mol. The van der Waals surface area contributed by atoms with Gasteiger partial charge < -0.3 is 15.0 Å². The summed E-state index contributed by atoms with van der Waals surface area (Å²) < 4.78 is 31.0. The first kappa shape index (κ1) is 22.8. The van der Waals surface area contributed by atoms with E-state index in [1.54, 1.807) is 29.2 Å². The molecule has 9 heteroatoms. The summed E-state index contributed by atoms with van der Waals surface area (Å²) >= 11 is 0. The Hall–Kier alpha value is -2.91. The fourth-order valence-corrected chi connectivity index (χ4v) is 4.17. The molecule has 0 aromatic heterocycles. The molecular formula is C22H27N3O5S. The number of hydrogen-bond acceptors (Lipinski definition) is 5. The number of morpholine rings is 1. The molecule has 2 aromatic carbocycles. The van der Waals surface area contributed by atoms with Crippen molar-refractivity contribution in [3.63, 3.8) is 0 Å². The highest BCUT2D eigenvalue weighted by atomic mass is 32.2. The van der Waals surface area contributed by atoms with Crippen molar-refractivity contribution < 1.29 is 22.7 Å². The van der Waals surface area contributed by atoms with Crippen LogP contribution in [0, 0.1) is 13.8 Å². The number of nitrogens with one attached hydrogen (secondary N) is 1. The van der Waals surface area contributed by atoms with Crippen LogP contribution in [0.2, 0.25) is 0 Å². The number of carbonyl (C=O) groups excluding carboxylic acids is 2. The van der Waals surface area contributed by atoms with Gasteiger partial charge in [-0.1, -0.05) is 12.1 Å². The minimum Gasteiger partial charge on any atom is -0.378 e. The molecule has 0 atom stereocenters. The predicted octanol–water partition coefficient (Wildman–Crippen LogP) is 2.18. The van der Waals surface area contributed by atoms with Gasteiger partial charge in [-0.3, -0.25) is 13.9 Å². The van der Waals surface area contributed by atoms with Gasteiger partial charge in [0.15, 0.2) is 0 Å². The highest BCUT2D eigenvalue weighted by Crippen LogP contribution is 2.21. The summed E-state index contributed by atoms with van der Waals surface area (Å²) in [6.07, 6.45) is 1.05. The number of sulfonamides is 1. The van der Waals surface area contributed by atoms with Crippen LogP contribution in [-0.2, 0) is 19.6 Å². The zero-order valence-corrected chi connectivity index (χ0v) is 18.7. The largest absolute Gasteiger partial charge is 0.378 e. The van der Waals surface area contributed by atoms with Crippen molar-refractivity contribution in [1.82, 2.24) is 4.90 Å². The number of hydrogen-bond donors (Lipinski definition) is 1. The Morgan fingerprint density at radius 3 is 2.32 bits per heavy atom. The van der Waals surface area contributed by atoms with Gasteiger partial charge in [0.25, 0.3) is 5.91 Å². The highest BCUT2D eigenvalue weighted by molar-refractivity contribution is 7.92. The number of nitrogens with zero attached hydrogens (tertiary/aromatic N) is 2. The Balaban J connectivity index is 1.75. The highest BCUT2D eigenvalue weighted by Gasteiger charge is 2.23. The zero-order valence-electron chi connectivity index (χ0n) is 17.9. The fraction of sp³-hybridized carbons (Fsp3) is 0.364. The number of carbonyl (C=O) groups is 2. The summed E-state index contributed by atoms with van der Waals surface area (Å²) in [7, 11) is -3.72. The number of aryl methyl sites for hydroxylation is 2. The SMILES string of the molecule is Cc1ccc(C)c(NC(=O)CN(c2ccc(C(=O)N3CCOCC3)cc2)S(C)(=O)=O)c1. The van der Waals surface area contributed by atoms with Gasteiger partial charge in [0.2, 0.25) is 15.9 Å². The molecule has 31 heavy (non-hydrogen) atoms. The van der Waals surface area contributed by atoms with Crippen LogP contribution in [0.4, 0.5) is 11.4 Å². The van der Waals surface area contributed by atoms with Crippen LogP contribution in [0.1, 0.15) is 21.5 Å². The number of anilines is 2. The molecule has 2 aromatic rings. The molecule has 8 nitrogen and oxygen atoms in total. The van der Waals surface area contributed by atoms with Crippen LogP contribution in [0.25, 0.3) is 0 Å². The number of rotatable bonds is 6. The number of ether oxygens (including phenoxy) is 1. The summed E-state index contributed by atoms with van der Waals surface area (Å²) in [5, 5.41) is 2.78. The Bertz CT molecular complexity index is 1060. The molecule has 1 saturated heterocycles. The maximum Gasteiger partial charge on any atom is 0.254 e. The summed E-state index contributed by atoms with van der Waals surface area (Å²) in [6.45, 7) is 5.46. The summed E-state index contributed by atoms with van der Waals surface area (Å²) in [4.78, 5) is 26.9. The van der Waals surface area contributed by atoms with E-state index in [0.29, 0.717) is 43.2 Å². The fourth-order valence-electron chi connectivity index (χ4n) is 3.31. The first-order valence-corrected chi connectivity index (χ1v) is 11.8. The molecule has 1 fully saturated rings. The lowest BCUT2D eigenvalue weighted by molar-refractivity contribution is -0.114. The molecule has 1 heterocycles. The molecule has 1 aliphatic rings. The van der Waals surface area contributed by atoms with Crippen LogP contribution in [0.5, 0.6) is 0 Å². The van der Waals surface area contributed by atoms with Crippen LogP contribution in [0.15, 0.2) is 42.5 Å². The van der Waals surface area contributed by atoms with Crippen LogP contribution < -0.4 is 9.62 Å². The second-order valence-corrected chi connectivity index (χ2v) is 9.49. The first-order valence-electron chi connectivity index (χ1n) is 9.97. The van der Waals surface area contributed by atoms with Crippen molar-refractivity contribution in [2.45, 2.75) is 13.8 Å². The molecule has 0 aliphatic carbocycles. The van der Waals surface area contributed by atoms with Crippen LogP contribution in [-0.4, -0.2) is 64.2 Å². The molecule has 3 rings (SSSR count). The Kier molecular flexibility index (Phi) is 6.97. The van der Waals surface area contributed by atoms with Crippen molar-refractivity contribution in [1.29, 1.82) is 0 Å². The maximum atomic E-state index is 12.6. The Labute approximate surface area is 182 Å². The predicted molar refractivity (Wildman–Crippen MR) is 120 cm³/mol. The summed E-state index contributed by atoms with van der Waals surface area (Å²) in [6, 6.07) is 11.9. The van der Waals surface area contributed by atoms with Gasteiger partial charge in [0.05, 0.1) is 25.2 Å². The van der Waals surface area contributed by atoms with Crippen molar-refractivity contribution in [3.8, 4) is 0 Å². The van der Waals surface area contributed by atoms with Crippen LogP contribution >= 0.6 is 0 Å². The van der Waals surface area contributed by atoms with Gasteiger partial charge in [-0.15, -0.1) is 0 Å². The summed E-state index contributed by atoms with van der Waals surface area (Å²) in [5.41, 5.74) is 3.29. The Morgan fingerprint density at radius 1 is 1.06 bits per heavy atom. The first-order chi connectivity index (χ1) is 14.6. The Morgan fingerprint density at radius 2 is 1.71 bits per heavy atom. The minimum absolute atomic E-state index is 0.131. The van der Waals surface area contributed by atoms with Crippen molar-refractivity contribution in [2.75, 3.05) is 48.7 Å². The molecule has 0 unspecified atom stereocenters. The molecule has 1 N–H and O–H groups in total. The van der Waals surface area contributed by atoms with E-state index in [2.05, 4.69) is 5.32 Å². The van der Waals surface area contributed by atoms with E-state index in [1.807, 2.05) is 32.0 Å². The lowest BCUT2D eigenvalue weighted by Crippen LogP contribution is -2.40. The number of benzene rings is 2. The van der Waals surface area contributed by atoms with Gasteiger partial charge in [-0.05, 0) is 55.3 Å². The van der Waals surface area contributed by atoms with Gasteiger partial charge in [0, 0.05) is 24.3 Å². The van der Waals surface area contributed by atoms with Crippen molar-refractivity contribution >= 4 is 33.2 Å². The third-order valence-corrected chi connectivity index (χ3v) is 6.20. The average molecular weight is 446 g/mol. The molecule has 0 bridgehead atoms. The maximum absolute atomic E-state index is 12.6. The van der Waals surface area contributed by atoms with E-state index in [0.717, 1.165) is 21.7 Å². The normalized spacial score (nSPS) is 14.2. The second kappa shape index (κ2) is 9.49. The molecule has 0 radical (unpaired) electrons. The molecular weight excluding hydrogens is 418 g/mol. The van der Waals surface area contributed by atoms with Gasteiger partial charge in [-0.2, -0.15) is 0 Å². The van der Waals surface area contributed by atoms with Gasteiger partial charge >= 0.3 is 0 Å². The van der Waals surface area contributed by atoms with Crippen molar-refractivity contribution in [3.05, 3.63) is 59.2 Å². The van der Waals surface area contributed by atoms with E-state index in [4.69, 9.17) is 4.74 Å². The molecule has 2 amide bonds. The summed E-state index contributed by atoms with van der Waals surface area (Å²) in [5.74, 6) is -0.582. The van der Waals surface area contributed by atoms with Gasteiger partial charge in [-0.25, -0.2) is 8.42 Å². The standard InChI is InChI=1S/C22H27N3O5S/c1-16-4-5-17(2)20(14-16)23-21(26)15-25(31(3,28)29)19-8-6-18(7-9-19)22(27)24-10-12-30-13-11-24/h4-9,14H,10-13,15H2,1-3H3,(H,23,26). The third kappa shape index (κ3) is 5.83. The van der Waals surface area contributed by atoms with Crippen molar-refractivity contribution in [2.24, 2.45) is 0 Å².